The maximum atomic E-state index is 12.8. The van der Waals surface area contributed by atoms with E-state index in [1.54, 1.807) is 0 Å². The van der Waals surface area contributed by atoms with E-state index >= 15 is 0 Å². The van der Waals surface area contributed by atoms with Gasteiger partial charge in [0.1, 0.15) is 11.9 Å². The van der Waals surface area contributed by atoms with E-state index in [9.17, 15) is 9.59 Å². The molecule has 2 N–H and O–H groups in total. The number of carbonyl (C=O) groups is 2. The molecule has 0 saturated heterocycles. The summed E-state index contributed by atoms with van der Waals surface area (Å²) >= 11 is 0. The summed E-state index contributed by atoms with van der Waals surface area (Å²) in [4.78, 5) is 25.3. The largest absolute Gasteiger partial charge is 0.458 e. The van der Waals surface area contributed by atoms with Crippen molar-refractivity contribution in [2.45, 2.75) is 65.1 Å². The zero-order chi connectivity index (χ0) is 22.2. The van der Waals surface area contributed by atoms with Crippen molar-refractivity contribution in [2.75, 3.05) is 12.4 Å². The normalized spacial score (nSPS) is 25.3. The Bertz CT molecular complexity index is 952. The molecule has 2 saturated carbocycles. The Kier molecular flexibility index (Phi) is 5.82. The molecule has 1 atom stereocenters. The SMILES string of the molecule is CCn1cc(C(=O)NC2CC3(C2)CC(C(=O)O[C@@H](C)c2ccccc2)C3)c(C)c1NC. The highest BCUT2D eigenvalue weighted by Crippen LogP contribution is 2.59. The first-order valence-electron chi connectivity index (χ1n) is 11.3. The van der Waals surface area contributed by atoms with Crippen LogP contribution in [0.3, 0.4) is 0 Å². The molecule has 4 rings (SSSR count). The van der Waals surface area contributed by atoms with Crippen LogP contribution < -0.4 is 10.6 Å². The van der Waals surface area contributed by atoms with Crippen molar-refractivity contribution in [3.63, 3.8) is 0 Å². The van der Waals surface area contributed by atoms with E-state index in [4.69, 9.17) is 4.74 Å². The lowest BCUT2D eigenvalue weighted by Gasteiger charge is -2.57. The average Bonchev–Trinajstić information content (AvgIpc) is 3.04. The molecule has 1 heterocycles. The van der Waals surface area contributed by atoms with Crippen molar-refractivity contribution < 1.29 is 14.3 Å². The van der Waals surface area contributed by atoms with Gasteiger partial charge in [-0.3, -0.25) is 9.59 Å². The molecule has 31 heavy (non-hydrogen) atoms. The van der Waals surface area contributed by atoms with Crippen LogP contribution in [0.5, 0.6) is 0 Å². The predicted molar refractivity (Wildman–Crippen MR) is 121 cm³/mol. The number of anilines is 1. The van der Waals surface area contributed by atoms with E-state index in [0.29, 0.717) is 0 Å². The van der Waals surface area contributed by atoms with Crippen LogP contribution in [0.25, 0.3) is 0 Å². The number of ether oxygens (including phenoxy) is 1. The average molecular weight is 424 g/mol. The molecular weight excluding hydrogens is 390 g/mol. The molecule has 0 unspecified atom stereocenters. The van der Waals surface area contributed by atoms with Crippen molar-refractivity contribution in [3.8, 4) is 0 Å². The number of benzene rings is 1. The number of amides is 1. The number of aryl methyl sites for hydroxylation is 1. The smallest absolute Gasteiger partial charge is 0.309 e. The molecule has 2 aliphatic rings. The van der Waals surface area contributed by atoms with Gasteiger partial charge >= 0.3 is 5.97 Å². The van der Waals surface area contributed by atoms with Crippen LogP contribution in [-0.4, -0.2) is 29.5 Å². The van der Waals surface area contributed by atoms with E-state index < -0.39 is 0 Å². The van der Waals surface area contributed by atoms with Crippen LogP contribution >= 0.6 is 0 Å². The van der Waals surface area contributed by atoms with Gasteiger partial charge in [0, 0.05) is 31.4 Å². The molecule has 1 amide bonds. The van der Waals surface area contributed by atoms with Gasteiger partial charge in [0.25, 0.3) is 5.91 Å². The lowest BCUT2D eigenvalue weighted by atomic mass is 9.50. The van der Waals surface area contributed by atoms with E-state index in [-0.39, 0.29) is 35.4 Å². The fourth-order valence-electron chi connectivity index (χ4n) is 5.37. The van der Waals surface area contributed by atoms with E-state index in [2.05, 4.69) is 22.1 Å². The van der Waals surface area contributed by atoms with Crippen molar-refractivity contribution in [3.05, 3.63) is 53.2 Å². The van der Waals surface area contributed by atoms with E-state index in [1.807, 2.05) is 57.4 Å². The van der Waals surface area contributed by atoms with Gasteiger partial charge in [-0.05, 0) is 57.4 Å². The topological polar surface area (TPSA) is 72.4 Å². The molecule has 1 aromatic heterocycles. The minimum absolute atomic E-state index is 0.00646. The first-order chi connectivity index (χ1) is 14.9. The highest BCUT2D eigenvalue weighted by molar-refractivity contribution is 5.97. The summed E-state index contributed by atoms with van der Waals surface area (Å²) in [5, 5.41) is 6.37. The third kappa shape index (κ3) is 4.08. The second kappa shape index (κ2) is 8.40. The second-order valence-corrected chi connectivity index (χ2v) is 9.23. The van der Waals surface area contributed by atoms with Crippen LogP contribution in [0, 0.1) is 18.3 Å². The predicted octanol–water partition coefficient (Wildman–Crippen LogP) is 4.45. The van der Waals surface area contributed by atoms with Crippen LogP contribution in [-0.2, 0) is 16.1 Å². The highest BCUT2D eigenvalue weighted by Gasteiger charge is 2.55. The summed E-state index contributed by atoms with van der Waals surface area (Å²) in [5.41, 5.74) is 2.94. The van der Waals surface area contributed by atoms with Gasteiger partial charge in [-0.15, -0.1) is 0 Å². The maximum absolute atomic E-state index is 12.8. The first kappa shape index (κ1) is 21.5. The molecule has 6 nitrogen and oxygen atoms in total. The standard InChI is InChI=1S/C25H33N3O3/c1-5-28-15-21(16(2)22(28)26-4)23(29)27-20-13-25(14-20)11-19(12-25)24(30)31-17(3)18-9-7-6-8-10-18/h6-10,15,17,19-20,26H,5,11-14H2,1-4H3,(H,27,29)/t17-,19?,20?,25?/m0/s1. The molecule has 0 aliphatic heterocycles. The zero-order valence-corrected chi connectivity index (χ0v) is 18.9. The zero-order valence-electron chi connectivity index (χ0n) is 18.9. The fourth-order valence-corrected chi connectivity index (χ4v) is 5.37. The molecule has 2 aromatic rings. The van der Waals surface area contributed by atoms with E-state index in [0.717, 1.165) is 54.7 Å². The third-order valence-corrected chi connectivity index (χ3v) is 7.10. The summed E-state index contributed by atoms with van der Waals surface area (Å²) in [6.07, 6.45) is 5.34. The van der Waals surface area contributed by atoms with Gasteiger partial charge in [-0.2, -0.15) is 0 Å². The third-order valence-electron chi connectivity index (χ3n) is 7.10. The first-order valence-corrected chi connectivity index (χ1v) is 11.3. The van der Waals surface area contributed by atoms with Crippen LogP contribution in [0.4, 0.5) is 5.82 Å². The Morgan fingerprint density at radius 1 is 1.19 bits per heavy atom. The number of hydrogen-bond donors (Lipinski definition) is 2. The molecule has 2 fully saturated rings. The Hall–Kier alpha value is -2.76. The molecule has 0 radical (unpaired) electrons. The Morgan fingerprint density at radius 3 is 2.45 bits per heavy atom. The number of carbonyl (C=O) groups excluding carboxylic acids is 2. The molecule has 6 heteroatoms. The van der Waals surface area contributed by atoms with Gasteiger partial charge in [0.2, 0.25) is 0 Å². The summed E-state index contributed by atoms with van der Waals surface area (Å²) in [5.74, 6) is 0.878. The van der Waals surface area contributed by atoms with Gasteiger partial charge in [0.15, 0.2) is 0 Å². The second-order valence-electron chi connectivity index (χ2n) is 9.23. The summed E-state index contributed by atoms with van der Waals surface area (Å²) in [7, 11) is 1.88. The Labute approximate surface area is 184 Å². The summed E-state index contributed by atoms with van der Waals surface area (Å²) in [6, 6.07) is 10.0. The van der Waals surface area contributed by atoms with Crippen molar-refractivity contribution >= 4 is 17.7 Å². The van der Waals surface area contributed by atoms with Gasteiger partial charge in [-0.25, -0.2) is 0 Å². The van der Waals surface area contributed by atoms with Crippen LogP contribution in [0.15, 0.2) is 36.5 Å². The van der Waals surface area contributed by atoms with Crippen LogP contribution in [0.1, 0.15) is 67.1 Å². The Morgan fingerprint density at radius 2 is 1.87 bits per heavy atom. The van der Waals surface area contributed by atoms with Gasteiger partial charge in [0.05, 0.1) is 11.5 Å². The molecule has 0 bridgehead atoms. The summed E-state index contributed by atoms with van der Waals surface area (Å²) < 4.78 is 7.74. The quantitative estimate of drug-likeness (QED) is 0.646. The van der Waals surface area contributed by atoms with Crippen molar-refractivity contribution in [2.24, 2.45) is 11.3 Å². The van der Waals surface area contributed by atoms with Crippen LogP contribution in [0.2, 0.25) is 0 Å². The number of aromatic nitrogens is 1. The molecule has 1 aromatic carbocycles. The van der Waals surface area contributed by atoms with Gasteiger partial charge < -0.3 is 19.9 Å². The molecule has 166 valence electrons. The monoisotopic (exact) mass is 423 g/mol. The number of rotatable bonds is 7. The minimum Gasteiger partial charge on any atom is -0.458 e. The molecule has 2 aliphatic carbocycles. The number of nitrogens with one attached hydrogen (secondary N) is 2. The molecular formula is C25H33N3O3. The highest BCUT2D eigenvalue weighted by atomic mass is 16.5. The molecule has 1 spiro atoms. The number of hydrogen-bond acceptors (Lipinski definition) is 4. The number of nitrogens with zero attached hydrogens (tertiary/aromatic N) is 1. The summed E-state index contributed by atoms with van der Waals surface area (Å²) in [6.45, 7) is 6.78. The van der Waals surface area contributed by atoms with Crippen molar-refractivity contribution in [1.82, 2.24) is 9.88 Å². The lowest BCUT2D eigenvalue weighted by molar-refractivity contribution is -0.167. The van der Waals surface area contributed by atoms with E-state index in [1.165, 1.54) is 0 Å². The minimum atomic E-state index is -0.222. The fraction of sp³-hybridized carbons (Fsp3) is 0.520. The lowest BCUT2D eigenvalue weighted by Crippen LogP contribution is -2.57. The number of esters is 1. The Balaban J connectivity index is 1.25. The van der Waals surface area contributed by atoms with Gasteiger partial charge in [-0.1, -0.05) is 30.3 Å². The van der Waals surface area contributed by atoms with Crippen molar-refractivity contribution in [1.29, 1.82) is 0 Å². The maximum Gasteiger partial charge on any atom is 0.309 e.